The highest BCUT2D eigenvalue weighted by molar-refractivity contribution is 7.08. The Hall–Kier alpha value is -3.13. The van der Waals surface area contributed by atoms with Crippen LogP contribution in [0.5, 0.6) is 0 Å². The van der Waals surface area contributed by atoms with E-state index in [-0.39, 0.29) is 23.9 Å². The number of aromatic nitrogens is 2. The highest BCUT2D eigenvalue weighted by Crippen LogP contribution is 2.14. The Kier molecular flexibility index (Phi) is 5.33. The zero-order valence-corrected chi connectivity index (χ0v) is 14.3. The first kappa shape index (κ1) is 17.7. The minimum atomic E-state index is -0.993. The van der Waals surface area contributed by atoms with Gasteiger partial charge in [0.15, 0.2) is 5.82 Å². The number of halogens is 2. The van der Waals surface area contributed by atoms with Gasteiger partial charge in [0.2, 0.25) is 5.82 Å². The second-order valence-corrected chi connectivity index (χ2v) is 6.09. The smallest absolute Gasteiger partial charge is 0.287 e. The van der Waals surface area contributed by atoms with Gasteiger partial charge < -0.3 is 10.7 Å². The molecule has 0 atom stereocenters. The van der Waals surface area contributed by atoms with E-state index in [4.69, 9.17) is 5.73 Å². The fourth-order valence-corrected chi connectivity index (χ4v) is 2.82. The van der Waals surface area contributed by atoms with Gasteiger partial charge in [-0.1, -0.05) is 18.2 Å². The lowest BCUT2D eigenvalue weighted by Gasteiger charge is -2.05. The first-order valence-electron chi connectivity index (χ1n) is 7.57. The highest BCUT2D eigenvalue weighted by Gasteiger charge is 2.08. The first-order chi connectivity index (χ1) is 12.5. The van der Waals surface area contributed by atoms with Crippen LogP contribution < -0.4 is 11.3 Å². The van der Waals surface area contributed by atoms with Crippen LogP contribution in [0.3, 0.4) is 0 Å². The number of nitrogens with one attached hydrogen (secondary N) is 1. The molecule has 0 fully saturated rings. The van der Waals surface area contributed by atoms with E-state index < -0.39 is 11.4 Å². The van der Waals surface area contributed by atoms with E-state index in [0.717, 1.165) is 11.8 Å². The van der Waals surface area contributed by atoms with Crippen molar-refractivity contribution in [1.82, 2.24) is 9.97 Å². The maximum absolute atomic E-state index is 13.8. The Balaban J connectivity index is 1.96. The molecule has 26 heavy (non-hydrogen) atoms. The lowest BCUT2D eigenvalue weighted by Crippen LogP contribution is -2.16. The predicted molar refractivity (Wildman–Crippen MR) is 97.9 cm³/mol. The van der Waals surface area contributed by atoms with Crippen LogP contribution in [0.2, 0.25) is 0 Å². The van der Waals surface area contributed by atoms with Gasteiger partial charge in [0.25, 0.3) is 5.56 Å². The Labute approximate surface area is 151 Å². The molecule has 132 valence electrons. The monoisotopic (exact) mass is 372 g/mol. The molecule has 0 aliphatic heterocycles. The van der Waals surface area contributed by atoms with Crippen molar-refractivity contribution in [2.24, 2.45) is 10.7 Å². The lowest BCUT2D eigenvalue weighted by atomic mass is 10.1. The summed E-state index contributed by atoms with van der Waals surface area (Å²) >= 11 is 1.47. The molecule has 0 saturated carbocycles. The first-order valence-corrected chi connectivity index (χ1v) is 8.51. The van der Waals surface area contributed by atoms with Crippen molar-refractivity contribution < 1.29 is 8.78 Å². The Bertz CT molecular complexity index is 1030. The van der Waals surface area contributed by atoms with Gasteiger partial charge in [-0.25, -0.2) is 9.37 Å². The zero-order chi connectivity index (χ0) is 18.5. The van der Waals surface area contributed by atoms with Crippen LogP contribution in [-0.2, 0) is 6.54 Å². The van der Waals surface area contributed by atoms with E-state index in [1.807, 2.05) is 16.8 Å². The van der Waals surface area contributed by atoms with Gasteiger partial charge in [-0.05, 0) is 23.6 Å². The number of aromatic amines is 1. The Morgan fingerprint density at radius 3 is 2.77 bits per heavy atom. The largest absolute Gasteiger partial charge is 0.396 e. The molecular formula is C18H14F2N4OS. The zero-order valence-electron chi connectivity index (χ0n) is 13.4. The summed E-state index contributed by atoms with van der Waals surface area (Å²) in [5, 5.41) is 3.74. The molecule has 2 heterocycles. The molecule has 0 aliphatic rings. The van der Waals surface area contributed by atoms with Crippen molar-refractivity contribution in [2.75, 3.05) is 0 Å². The van der Waals surface area contributed by atoms with E-state index in [0.29, 0.717) is 11.3 Å². The third-order valence-corrected chi connectivity index (χ3v) is 4.20. The van der Waals surface area contributed by atoms with E-state index in [9.17, 15) is 13.6 Å². The Morgan fingerprint density at radius 2 is 2.08 bits per heavy atom. The lowest BCUT2D eigenvalue weighted by molar-refractivity contribution is 0.599. The number of benzene rings is 1. The van der Waals surface area contributed by atoms with Gasteiger partial charge in [0, 0.05) is 16.5 Å². The average molecular weight is 372 g/mol. The average Bonchev–Trinajstić information content (AvgIpc) is 3.16. The molecule has 0 unspecified atom stereocenters. The normalized spacial score (nSPS) is 12.4. The number of nitrogens with two attached hydrogens (primary N) is 1. The summed E-state index contributed by atoms with van der Waals surface area (Å²) in [7, 11) is 0. The number of nitrogens with zero attached hydrogens (tertiary/aromatic N) is 2. The van der Waals surface area contributed by atoms with Gasteiger partial charge in [0.05, 0.1) is 24.2 Å². The molecule has 3 aromatic rings. The SMILES string of the molecule is NC(=CC(=NCc1ccccc1F)c1ccsc1)c1ncc(F)c(=O)[nH]1. The molecule has 3 rings (SSSR count). The number of aliphatic imine (C=N–C) groups is 1. The summed E-state index contributed by atoms with van der Waals surface area (Å²) in [6.45, 7) is 0.120. The summed E-state index contributed by atoms with van der Waals surface area (Å²) in [4.78, 5) is 21.9. The molecule has 5 nitrogen and oxygen atoms in total. The molecule has 0 saturated heterocycles. The number of H-pyrrole nitrogens is 1. The summed E-state index contributed by atoms with van der Waals surface area (Å²) in [5.74, 6) is -1.31. The third kappa shape index (κ3) is 4.09. The molecule has 3 N–H and O–H groups in total. The summed E-state index contributed by atoms with van der Waals surface area (Å²) in [5.41, 5.74) is 6.91. The van der Waals surface area contributed by atoms with Crippen molar-refractivity contribution in [3.8, 4) is 0 Å². The standard InChI is InChI=1S/C18H14F2N4OS/c19-13-4-2-1-3-11(13)8-22-16(12-5-6-26-10-12)7-15(21)17-23-9-14(20)18(25)24-17/h1-7,9-10H,8,21H2,(H,23,24,25). The molecule has 0 spiro atoms. The van der Waals surface area contributed by atoms with Crippen LogP contribution in [-0.4, -0.2) is 15.7 Å². The summed E-state index contributed by atoms with van der Waals surface area (Å²) in [6.07, 6.45) is 2.31. The van der Waals surface area contributed by atoms with Crippen molar-refractivity contribution >= 4 is 22.7 Å². The van der Waals surface area contributed by atoms with Crippen LogP contribution in [0.4, 0.5) is 8.78 Å². The molecule has 0 aliphatic carbocycles. The minimum Gasteiger partial charge on any atom is -0.396 e. The molecule has 0 amide bonds. The molecule has 8 heteroatoms. The fraction of sp³-hybridized carbons (Fsp3) is 0.0556. The third-order valence-electron chi connectivity index (χ3n) is 3.52. The number of hydrogen-bond donors (Lipinski definition) is 2. The van der Waals surface area contributed by atoms with E-state index >= 15 is 0 Å². The molecule has 2 aromatic heterocycles. The predicted octanol–water partition coefficient (Wildman–Crippen LogP) is 3.10. The molecule has 0 bridgehead atoms. The minimum absolute atomic E-state index is 0.0326. The van der Waals surface area contributed by atoms with E-state index in [2.05, 4.69) is 15.0 Å². The van der Waals surface area contributed by atoms with Crippen molar-refractivity contribution in [2.45, 2.75) is 6.54 Å². The van der Waals surface area contributed by atoms with Gasteiger partial charge in [-0.15, -0.1) is 0 Å². The second kappa shape index (κ2) is 7.83. The fourth-order valence-electron chi connectivity index (χ4n) is 2.17. The van der Waals surface area contributed by atoms with Crippen LogP contribution >= 0.6 is 11.3 Å². The van der Waals surface area contributed by atoms with Crippen LogP contribution in [0.25, 0.3) is 5.70 Å². The Morgan fingerprint density at radius 1 is 1.27 bits per heavy atom. The van der Waals surface area contributed by atoms with E-state index in [1.54, 1.807) is 18.2 Å². The number of rotatable bonds is 5. The van der Waals surface area contributed by atoms with Crippen molar-refractivity contribution in [3.63, 3.8) is 0 Å². The maximum atomic E-state index is 13.8. The van der Waals surface area contributed by atoms with Gasteiger partial charge in [0.1, 0.15) is 5.82 Å². The molecule has 1 aromatic carbocycles. The highest BCUT2D eigenvalue weighted by atomic mass is 32.1. The topological polar surface area (TPSA) is 84.1 Å². The summed E-state index contributed by atoms with van der Waals surface area (Å²) in [6, 6.07) is 8.20. The van der Waals surface area contributed by atoms with Gasteiger partial charge in [-0.2, -0.15) is 15.7 Å². The van der Waals surface area contributed by atoms with Crippen LogP contribution in [0, 0.1) is 11.6 Å². The van der Waals surface area contributed by atoms with Crippen molar-refractivity contribution in [1.29, 1.82) is 0 Å². The number of hydrogen-bond acceptors (Lipinski definition) is 5. The number of thiophene rings is 1. The van der Waals surface area contributed by atoms with Crippen molar-refractivity contribution in [3.05, 3.63) is 92.3 Å². The van der Waals surface area contributed by atoms with Gasteiger partial charge >= 0.3 is 0 Å². The van der Waals surface area contributed by atoms with Gasteiger partial charge in [-0.3, -0.25) is 9.79 Å². The quantitative estimate of drug-likeness (QED) is 0.675. The van der Waals surface area contributed by atoms with E-state index in [1.165, 1.54) is 23.5 Å². The van der Waals surface area contributed by atoms with Crippen LogP contribution in [0.1, 0.15) is 17.0 Å². The molecular weight excluding hydrogens is 358 g/mol. The second-order valence-electron chi connectivity index (χ2n) is 5.31. The molecule has 0 radical (unpaired) electrons. The number of allylic oxidation sites excluding steroid dienone is 1. The maximum Gasteiger partial charge on any atom is 0.287 e. The summed E-state index contributed by atoms with van der Waals surface area (Å²) < 4.78 is 26.9. The van der Waals surface area contributed by atoms with Crippen LogP contribution in [0.15, 0.2) is 63.2 Å².